The predicted molar refractivity (Wildman–Crippen MR) is 126 cm³/mol. The van der Waals surface area contributed by atoms with Crippen LogP contribution in [-0.2, 0) is 0 Å². The van der Waals surface area contributed by atoms with Gasteiger partial charge in [-0.05, 0) is 55.5 Å². The number of nitrogens with zero attached hydrogens (tertiary/aromatic N) is 4. The summed E-state index contributed by atoms with van der Waals surface area (Å²) in [4.78, 5) is 11.8. The van der Waals surface area contributed by atoms with E-state index in [0.29, 0.717) is 11.1 Å². The minimum Gasteiger partial charge on any atom is -0.396 e. The topological polar surface area (TPSA) is 54.2 Å². The second kappa shape index (κ2) is 8.69. The number of hydrogen-bond donors (Lipinski definition) is 1. The average molecular weight is 433 g/mol. The van der Waals surface area contributed by atoms with Crippen molar-refractivity contribution in [3.05, 3.63) is 72.1 Å². The van der Waals surface area contributed by atoms with Crippen molar-refractivity contribution in [3.63, 3.8) is 0 Å². The van der Waals surface area contributed by atoms with E-state index in [2.05, 4.69) is 39.9 Å². The summed E-state index contributed by atoms with van der Waals surface area (Å²) in [7, 11) is 0. The highest BCUT2D eigenvalue weighted by Gasteiger charge is 2.27. The molecule has 1 aliphatic rings. The van der Waals surface area contributed by atoms with Crippen LogP contribution in [0.25, 0.3) is 27.8 Å². The third-order valence-corrected chi connectivity index (χ3v) is 6.37. The predicted octanol–water partition coefficient (Wildman–Crippen LogP) is 5.48. The van der Waals surface area contributed by atoms with Crippen molar-refractivity contribution < 1.29 is 5.11 Å². The smallest absolute Gasteiger partial charge is 0.150 e. The zero-order valence-corrected chi connectivity index (χ0v) is 18.0. The van der Waals surface area contributed by atoms with E-state index in [1.165, 1.54) is 6.42 Å². The van der Waals surface area contributed by atoms with E-state index in [1.54, 1.807) is 6.33 Å². The molecular weight excluding hydrogens is 408 g/mol. The molecule has 0 bridgehead atoms. The fraction of sp³-hybridized carbons (Fsp3) is 0.280. The van der Waals surface area contributed by atoms with Crippen molar-refractivity contribution in [1.82, 2.24) is 14.5 Å². The van der Waals surface area contributed by atoms with Gasteiger partial charge in [-0.1, -0.05) is 41.9 Å². The Morgan fingerprint density at radius 3 is 2.58 bits per heavy atom. The van der Waals surface area contributed by atoms with Crippen molar-refractivity contribution in [2.24, 2.45) is 0 Å². The molecule has 1 aliphatic heterocycles. The second-order valence-electron chi connectivity index (χ2n) is 8.01. The van der Waals surface area contributed by atoms with Gasteiger partial charge in [0.15, 0.2) is 5.65 Å². The first kappa shape index (κ1) is 20.0. The lowest BCUT2D eigenvalue weighted by Gasteiger charge is -2.37. The highest BCUT2D eigenvalue weighted by Crippen LogP contribution is 2.38. The number of aromatic nitrogens is 3. The standard InChI is InChI=1S/C25H25ClN4O/c26-19-9-11-21(12-10-19)30-16-22(18-6-2-1-3-7-18)23-24(27-17-28-25(23)30)29-14-5-4-8-20(29)13-15-31/h1-3,6-7,9-12,16-17,20,31H,4-5,8,13-15H2. The number of hydrogen-bond acceptors (Lipinski definition) is 4. The lowest BCUT2D eigenvalue weighted by Crippen LogP contribution is -2.40. The lowest BCUT2D eigenvalue weighted by molar-refractivity contribution is 0.262. The normalized spacial score (nSPS) is 16.7. The Labute approximate surface area is 186 Å². The number of aliphatic hydroxyl groups is 1. The van der Waals surface area contributed by atoms with Crippen LogP contribution in [0.2, 0.25) is 5.02 Å². The van der Waals surface area contributed by atoms with Crippen LogP contribution in [0.4, 0.5) is 5.82 Å². The summed E-state index contributed by atoms with van der Waals surface area (Å²) in [5.41, 5.74) is 4.12. The maximum absolute atomic E-state index is 9.63. The highest BCUT2D eigenvalue weighted by atomic mass is 35.5. The number of anilines is 1. The molecule has 5 rings (SSSR count). The van der Waals surface area contributed by atoms with Gasteiger partial charge in [0.1, 0.15) is 12.1 Å². The summed E-state index contributed by atoms with van der Waals surface area (Å²) in [6.45, 7) is 1.13. The summed E-state index contributed by atoms with van der Waals surface area (Å²) in [6.07, 6.45) is 7.95. The fourth-order valence-electron chi connectivity index (χ4n) is 4.63. The Morgan fingerprint density at radius 1 is 1.00 bits per heavy atom. The number of benzene rings is 2. The molecule has 1 fully saturated rings. The molecule has 3 heterocycles. The first-order valence-corrected chi connectivity index (χ1v) is 11.2. The molecule has 158 valence electrons. The molecule has 2 aromatic heterocycles. The summed E-state index contributed by atoms with van der Waals surface area (Å²) in [6, 6.07) is 18.5. The summed E-state index contributed by atoms with van der Waals surface area (Å²) < 4.78 is 2.12. The van der Waals surface area contributed by atoms with Crippen molar-refractivity contribution in [1.29, 1.82) is 0 Å². The molecule has 0 spiro atoms. The monoisotopic (exact) mass is 432 g/mol. The van der Waals surface area contributed by atoms with Crippen molar-refractivity contribution in [3.8, 4) is 16.8 Å². The zero-order valence-electron chi connectivity index (χ0n) is 17.3. The van der Waals surface area contributed by atoms with Gasteiger partial charge in [0.25, 0.3) is 0 Å². The molecule has 1 unspecified atom stereocenters. The van der Waals surface area contributed by atoms with Crippen molar-refractivity contribution in [2.75, 3.05) is 18.1 Å². The summed E-state index contributed by atoms with van der Waals surface area (Å²) >= 11 is 6.13. The van der Waals surface area contributed by atoms with Crippen LogP contribution in [0.5, 0.6) is 0 Å². The molecule has 0 saturated carbocycles. The third kappa shape index (κ3) is 3.80. The van der Waals surface area contributed by atoms with Gasteiger partial charge in [0.2, 0.25) is 0 Å². The zero-order chi connectivity index (χ0) is 21.2. The molecule has 6 heteroatoms. The third-order valence-electron chi connectivity index (χ3n) is 6.11. The van der Waals surface area contributed by atoms with E-state index >= 15 is 0 Å². The van der Waals surface area contributed by atoms with E-state index < -0.39 is 0 Å². The van der Waals surface area contributed by atoms with Gasteiger partial charge in [-0.15, -0.1) is 0 Å². The number of aliphatic hydroxyl groups excluding tert-OH is 1. The van der Waals surface area contributed by atoms with Crippen LogP contribution in [0, 0.1) is 0 Å². The van der Waals surface area contributed by atoms with Crippen LogP contribution in [0.1, 0.15) is 25.7 Å². The number of fused-ring (bicyclic) bond motifs is 1. The van der Waals surface area contributed by atoms with E-state index in [9.17, 15) is 5.11 Å². The fourth-order valence-corrected chi connectivity index (χ4v) is 4.75. The number of rotatable bonds is 5. The van der Waals surface area contributed by atoms with E-state index in [4.69, 9.17) is 21.6 Å². The second-order valence-corrected chi connectivity index (χ2v) is 8.44. The molecule has 1 atom stereocenters. The maximum atomic E-state index is 9.63. The summed E-state index contributed by atoms with van der Waals surface area (Å²) in [5, 5.41) is 11.4. The Hall–Kier alpha value is -2.89. The van der Waals surface area contributed by atoms with Crippen LogP contribution < -0.4 is 4.90 Å². The molecule has 5 nitrogen and oxygen atoms in total. The minimum absolute atomic E-state index is 0.187. The molecule has 0 amide bonds. The molecule has 31 heavy (non-hydrogen) atoms. The summed E-state index contributed by atoms with van der Waals surface area (Å²) in [5.74, 6) is 0.953. The van der Waals surface area contributed by atoms with Crippen LogP contribution in [-0.4, -0.2) is 38.8 Å². The number of piperidine rings is 1. The molecule has 2 aromatic carbocycles. The average Bonchev–Trinajstić information content (AvgIpc) is 3.21. The van der Waals surface area contributed by atoms with Gasteiger partial charge in [-0.3, -0.25) is 0 Å². The highest BCUT2D eigenvalue weighted by molar-refractivity contribution is 6.30. The van der Waals surface area contributed by atoms with Gasteiger partial charge in [-0.2, -0.15) is 0 Å². The van der Waals surface area contributed by atoms with E-state index in [-0.39, 0.29) is 6.61 Å². The SMILES string of the molecule is OCCC1CCCCN1c1ncnc2c1c(-c1ccccc1)cn2-c1ccc(Cl)cc1. The number of halogens is 1. The Kier molecular flexibility index (Phi) is 5.62. The minimum atomic E-state index is 0.187. The van der Waals surface area contributed by atoms with Gasteiger partial charge in [-0.25, -0.2) is 9.97 Å². The van der Waals surface area contributed by atoms with Gasteiger partial charge in [0.05, 0.1) is 5.39 Å². The van der Waals surface area contributed by atoms with Crippen molar-refractivity contribution >= 4 is 28.5 Å². The van der Waals surface area contributed by atoms with E-state index in [0.717, 1.165) is 59.5 Å². The van der Waals surface area contributed by atoms with Crippen LogP contribution >= 0.6 is 11.6 Å². The largest absolute Gasteiger partial charge is 0.396 e. The Bertz CT molecular complexity index is 1170. The Morgan fingerprint density at radius 2 is 1.81 bits per heavy atom. The maximum Gasteiger partial charge on any atom is 0.150 e. The van der Waals surface area contributed by atoms with Crippen molar-refractivity contribution in [2.45, 2.75) is 31.7 Å². The van der Waals surface area contributed by atoms with Gasteiger partial charge in [0, 0.05) is 41.7 Å². The van der Waals surface area contributed by atoms with Gasteiger partial charge < -0.3 is 14.6 Å². The first-order valence-electron chi connectivity index (χ1n) is 10.8. The quantitative estimate of drug-likeness (QED) is 0.453. The van der Waals surface area contributed by atoms with E-state index in [1.807, 2.05) is 30.3 Å². The van der Waals surface area contributed by atoms with Crippen LogP contribution in [0.3, 0.4) is 0 Å². The molecule has 0 aliphatic carbocycles. The Balaban J connectivity index is 1.75. The molecule has 0 radical (unpaired) electrons. The van der Waals surface area contributed by atoms with Gasteiger partial charge >= 0.3 is 0 Å². The lowest BCUT2D eigenvalue weighted by atomic mass is 9.98. The molecule has 1 N–H and O–H groups in total. The molecule has 4 aromatic rings. The molecule has 1 saturated heterocycles. The molecular formula is C25H25ClN4O. The van der Waals surface area contributed by atoms with Crippen LogP contribution in [0.15, 0.2) is 67.1 Å². The first-order chi connectivity index (χ1) is 15.3.